The van der Waals surface area contributed by atoms with Crippen molar-refractivity contribution in [3.63, 3.8) is 0 Å². The summed E-state index contributed by atoms with van der Waals surface area (Å²) in [6.07, 6.45) is -1.37. The molecule has 0 bridgehead atoms. The smallest absolute Gasteiger partial charge is 0.352 e. The van der Waals surface area contributed by atoms with Gasteiger partial charge in [0.2, 0.25) is 17.7 Å². The van der Waals surface area contributed by atoms with Gasteiger partial charge in [0.15, 0.2) is 4.87 Å². The van der Waals surface area contributed by atoms with Gasteiger partial charge in [-0.2, -0.15) is 0 Å². The number of nitrogens with zero attached hydrogens (tertiary/aromatic N) is 2. The minimum atomic E-state index is -2.29. The number of ether oxygens (including phenoxy) is 1. The largest absolute Gasteiger partial charge is 0.478 e. The van der Waals surface area contributed by atoms with Crippen molar-refractivity contribution in [2.75, 3.05) is 0 Å². The molecule has 12 heteroatoms. The molecule has 2 aliphatic rings. The molecule has 2 heterocycles. The first-order chi connectivity index (χ1) is 16.4. The summed E-state index contributed by atoms with van der Waals surface area (Å²) in [6.45, 7) is 3.97. The summed E-state index contributed by atoms with van der Waals surface area (Å²) in [5, 5.41) is 23.7. The van der Waals surface area contributed by atoms with E-state index in [2.05, 4.69) is 5.32 Å². The molecule has 11 nitrogen and oxygen atoms in total. The van der Waals surface area contributed by atoms with E-state index in [1.807, 2.05) is 0 Å². The topological polar surface area (TPSA) is 156 Å². The highest BCUT2D eigenvalue weighted by Crippen LogP contribution is 2.58. The van der Waals surface area contributed by atoms with E-state index in [9.17, 15) is 33.8 Å². The standard InChI is InChI=1S/C23H23N3O8S/c1-14(27)24-23(20(29)30)21(2,3)35(33)22(13-15-7-5-4-6-8-15)18(19(28)25(22)23)34-17-11-9-16(10-12-17)26(31)32/h4-12,18H,13H2,1-3H3,(H,24,27)(H,29,30)/t18?,22-,23?,35?/m1/s1. The Labute approximate surface area is 202 Å². The molecule has 0 aromatic heterocycles. The van der Waals surface area contributed by atoms with Gasteiger partial charge in [0, 0.05) is 25.5 Å². The second kappa shape index (κ2) is 8.15. The Morgan fingerprint density at radius 1 is 1.17 bits per heavy atom. The fourth-order valence-corrected chi connectivity index (χ4v) is 7.36. The van der Waals surface area contributed by atoms with Crippen LogP contribution in [0.15, 0.2) is 54.6 Å². The lowest BCUT2D eigenvalue weighted by atomic mass is 9.82. The highest BCUT2D eigenvalue weighted by atomic mass is 32.2. The van der Waals surface area contributed by atoms with Gasteiger partial charge >= 0.3 is 5.97 Å². The monoisotopic (exact) mass is 501 g/mol. The summed E-state index contributed by atoms with van der Waals surface area (Å²) < 4.78 is 18.4. The normalized spacial score (nSPS) is 28.5. The number of amides is 2. The lowest BCUT2D eigenvalue weighted by Gasteiger charge is -2.55. The van der Waals surface area contributed by atoms with Crippen LogP contribution in [0.1, 0.15) is 26.3 Å². The Balaban J connectivity index is 1.86. The second-order valence-electron chi connectivity index (χ2n) is 8.91. The van der Waals surface area contributed by atoms with Crippen molar-refractivity contribution in [1.29, 1.82) is 0 Å². The predicted molar refractivity (Wildman–Crippen MR) is 124 cm³/mol. The van der Waals surface area contributed by atoms with Crippen LogP contribution < -0.4 is 10.1 Å². The molecule has 2 saturated heterocycles. The van der Waals surface area contributed by atoms with E-state index in [1.54, 1.807) is 30.3 Å². The van der Waals surface area contributed by atoms with Crippen molar-refractivity contribution in [2.45, 2.75) is 48.6 Å². The van der Waals surface area contributed by atoms with E-state index in [-0.39, 0.29) is 17.9 Å². The zero-order valence-corrected chi connectivity index (χ0v) is 19.9. The molecule has 2 amide bonds. The minimum absolute atomic E-state index is 0.0120. The quantitative estimate of drug-likeness (QED) is 0.329. The van der Waals surface area contributed by atoms with E-state index in [0.29, 0.717) is 5.56 Å². The number of aliphatic carboxylic acids is 1. The second-order valence-corrected chi connectivity index (χ2v) is 11.2. The molecule has 3 unspecified atom stereocenters. The van der Waals surface area contributed by atoms with Crippen LogP contribution in [0, 0.1) is 10.1 Å². The Bertz CT molecular complexity index is 1250. The number of carbonyl (C=O) groups excluding carboxylic acids is 2. The van der Waals surface area contributed by atoms with Gasteiger partial charge < -0.3 is 15.2 Å². The molecular formula is C23H23N3O8S. The fourth-order valence-electron chi connectivity index (χ4n) is 4.94. The number of nitrogens with one attached hydrogen (secondary N) is 1. The lowest BCUT2D eigenvalue weighted by molar-refractivity contribution is -0.384. The average Bonchev–Trinajstić information content (AvgIpc) is 2.93. The van der Waals surface area contributed by atoms with Gasteiger partial charge in [-0.25, -0.2) is 4.79 Å². The molecule has 0 spiro atoms. The van der Waals surface area contributed by atoms with E-state index in [4.69, 9.17) is 4.74 Å². The Hall–Kier alpha value is -3.80. The Morgan fingerprint density at radius 3 is 2.29 bits per heavy atom. The number of nitro benzene ring substituents is 1. The molecule has 2 aromatic rings. The van der Waals surface area contributed by atoms with E-state index in [1.165, 1.54) is 38.1 Å². The number of hydrogen-bond acceptors (Lipinski definition) is 7. The number of fused-ring (bicyclic) bond motifs is 1. The predicted octanol–water partition coefficient (Wildman–Crippen LogP) is 1.58. The van der Waals surface area contributed by atoms with Crippen LogP contribution in [-0.2, 0) is 31.6 Å². The number of carboxylic acid groups (broad SMARTS) is 1. The summed E-state index contributed by atoms with van der Waals surface area (Å²) in [4.78, 5) is 48.0. The molecule has 0 saturated carbocycles. The van der Waals surface area contributed by atoms with E-state index in [0.717, 1.165) is 11.8 Å². The molecule has 2 N–H and O–H groups in total. The highest BCUT2D eigenvalue weighted by molar-refractivity contribution is 7.88. The molecule has 4 rings (SSSR count). The molecule has 0 aliphatic carbocycles. The Morgan fingerprint density at radius 2 is 1.77 bits per heavy atom. The number of non-ortho nitro benzene ring substituents is 1. The third kappa shape index (κ3) is 3.31. The minimum Gasteiger partial charge on any atom is -0.478 e. The fraction of sp³-hybridized carbons (Fsp3) is 0.348. The zero-order chi connectivity index (χ0) is 25.8. The summed E-state index contributed by atoms with van der Waals surface area (Å²) >= 11 is 0. The number of nitro groups is 1. The number of β-lactam (4-membered cyclic amide) rings is 1. The highest BCUT2D eigenvalue weighted by Gasteiger charge is 2.84. The molecule has 4 atom stereocenters. The average molecular weight is 502 g/mol. The first-order valence-electron chi connectivity index (χ1n) is 10.6. The van der Waals surface area contributed by atoms with Crippen LogP contribution in [0.4, 0.5) is 5.69 Å². The summed E-state index contributed by atoms with van der Waals surface area (Å²) in [5.74, 6) is -2.89. The molecule has 2 aromatic carbocycles. The van der Waals surface area contributed by atoms with Gasteiger partial charge in [0.25, 0.3) is 11.6 Å². The molecular weight excluding hydrogens is 478 g/mol. The number of hydrogen-bond donors (Lipinski definition) is 2. The van der Waals surface area contributed by atoms with Crippen LogP contribution in [0.25, 0.3) is 0 Å². The lowest BCUT2D eigenvalue weighted by Crippen LogP contribution is -2.84. The van der Waals surface area contributed by atoms with Crippen molar-refractivity contribution in [3.05, 3.63) is 70.3 Å². The van der Waals surface area contributed by atoms with E-state index < -0.39 is 54.9 Å². The first kappa shape index (κ1) is 24.3. The van der Waals surface area contributed by atoms with Crippen LogP contribution in [0.3, 0.4) is 0 Å². The van der Waals surface area contributed by atoms with Gasteiger partial charge in [-0.3, -0.25) is 28.8 Å². The van der Waals surface area contributed by atoms with E-state index >= 15 is 0 Å². The molecule has 184 valence electrons. The summed E-state index contributed by atoms with van der Waals surface area (Å²) in [5.41, 5.74) is -1.79. The molecule has 35 heavy (non-hydrogen) atoms. The third-order valence-corrected chi connectivity index (χ3v) is 8.90. The SMILES string of the molecule is CC(=O)NC1(C(=O)O)N2C(=O)C(Oc3ccc([N+](=O)[O-])cc3)[C@@]2(Cc2ccccc2)S(=O)C1(C)C. The van der Waals surface area contributed by atoms with Gasteiger partial charge in [-0.1, -0.05) is 30.3 Å². The zero-order valence-electron chi connectivity index (χ0n) is 19.1. The van der Waals surface area contributed by atoms with Crippen LogP contribution in [0.2, 0.25) is 0 Å². The van der Waals surface area contributed by atoms with Crippen molar-refractivity contribution >= 4 is 34.3 Å². The van der Waals surface area contributed by atoms with Crippen molar-refractivity contribution in [3.8, 4) is 5.75 Å². The van der Waals surface area contributed by atoms with Gasteiger partial charge in [0.05, 0.1) is 20.5 Å². The number of carboxylic acids is 1. The number of rotatable bonds is 7. The maximum atomic E-state index is 14.1. The first-order valence-corrected chi connectivity index (χ1v) is 11.8. The molecule has 2 aliphatic heterocycles. The maximum Gasteiger partial charge on any atom is 0.352 e. The molecule has 2 fully saturated rings. The number of benzene rings is 2. The van der Waals surface area contributed by atoms with Crippen molar-refractivity contribution in [2.24, 2.45) is 0 Å². The number of carbonyl (C=O) groups is 3. The summed E-state index contributed by atoms with van der Waals surface area (Å²) in [6, 6.07) is 13.8. The van der Waals surface area contributed by atoms with Gasteiger partial charge in [-0.15, -0.1) is 0 Å². The van der Waals surface area contributed by atoms with Gasteiger partial charge in [0.1, 0.15) is 5.75 Å². The summed E-state index contributed by atoms with van der Waals surface area (Å²) in [7, 11) is -2.05. The van der Waals surface area contributed by atoms with Crippen LogP contribution in [0.5, 0.6) is 5.75 Å². The van der Waals surface area contributed by atoms with Crippen LogP contribution >= 0.6 is 0 Å². The van der Waals surface area contributed by atoms with Crippen molar-refractivity contribution < 1.29 is 33.4 Å². The molecule has 0 radical (unpaired) electrons. The maximum absolute atomic E-state index is 14.1. The van der Waals surface area contributed by atoms with Gasteiger partial charge in [-0.05, 0) is 31.5 Å². The van der Waals surface area contributed by atoms with Crippen LogP contribution in [-0.4, -0.2) is 58.3 Å². The third-order valence-electron chi connectivity index (χ3n) is 6.49. The van der Waals surface area contributed by atoms with Crippen molar-refractivity contribution in [1.82, 2.24) is 10.2 Å². The Kier molecular flexibility index (Phi) is 5.67.